The number of nitrogens with one attached hydrogen (secondary N) is 2. The standard InChI is InChI=1S/C19H32N4O2.HI/c1-4-20-19(22-16(2)15-24-3)21-13-17-5-7-18(8-6-17)14-23-9-11-25-12-10-23;/h5-8,16H,4,9-15H2,1-3H3,(H2,20,21,22);1H. The summed E-state index contributed by atoms with van der Waals surface area (Å²) in [4.78, 5) is 7.09. The maximum Gasteiger partial charge on any atom is 0.191 e. The molecule has 2 N–H and O–H groups in total. The van der Waals surface area contributed by atoms with Gasteiger partial charge in [-0.1, -0.05) is 24.3 Å². The van der Waals surface area contributed by atoms with E-state index in [1.165, 1.54) is 11.1 Å². The van der Waals surface area contributed by atoms with Crippen LogP contribution in [-0.4, -0.2) is 63.5 Å². The van der Waals surface area contributed by atoms with Crippen molar-refractivity contribution in [2.45, 2.75) is 33.0 Å². The van der Waals surface area contributed by atoms with E-state index in [1.807, 2.05) is 0 Å². The molecule has 1 aromatic rings. The first-order chi connectivity index (χ1) is 12.2. The number of guanidine groups is 1. The number of ether oxygens (including phenoxy) is 2. The van der Waals surface area contributed by atoms with Crippen LogP contribution in [0, 0.1) is 0 Å². The van der Waals surface area contributed by atoms with E-state index in [4.69, 9.17) is 9.47 Å². The molecule has 0 aliphatic carbocycles. The van der Waals surface area contributed by atoms with E-state index in [0.717, 1.165) is 45.4 Å². The molecule has 1 aliphatic rings. The van der Waals surface area contributed by atoms with Gasteiger partial charge >= 0.3 is 0 Å². The Morgan fingerprint density at radius 1 is 1.23 bits per heavy atom. The van der Waals surface area contributed by atoms with E-state index in [1.54, 1.807) is 7.11 Å². The number of halogens is 1. The molecule has 1 fully saturated rings. The minimum atomic E-state index is 0. The van der Waals surface area contributed by atoms with Gasteiger partial charge in [0.15, 0.2) is 5.96 Å². The zero-order valence-corrected chi connectivity index (χ0v) is 18.5. The number of methoxy groups -OCH3 is 1. The zero-order chi connectivity index (χ0) is 17.9. The predicted molar refractivity (Wildman–Crippen MR) is 117 cm³/mol. The molecular weight excluding hydrogens is 443 g/mol. The summed E-state index contributed by atoms with van der Waals surface area (Å²) in [7, 11) is 1.71. The van der Waals surface area contributed by atoms with Crippen molar-refractivity contribution in [3.63, 3.8) is 0 Å². The number of rotatable bonds is 8. The second-order valence-electron chi connectivity index (χ2n) is 6.40. The lowest BCUT2D eigenvalue weighted by molar-refractivity contribution is 0.0342. The van der Waals surface area contributed by atoms with Crippen LogP contribution in [0.5, 0.6) is 0 Å². The third-order valence-electron chi connectivity index (χ3n) is 4.10. The highest BCUT2D eigenvalue weighted by Crippen LogP contribution is 2.10. The highest BCUT2D eigenvalue weighted by molar-refractivity contribution is 14.0. The van der Waals surface area contributed by atoms with Crippen molar-refractivity contribution in [3.05, 3.63) is 35.4 Å². The molecule has 1 saturated heterocycles. The Morgan fingerprint density at radius 3 is 2.50 bits per heavy atom. The second kappa shape index (κ2) is 13.3. The van der Waals surface area contributed by atoms with Gasteiger partial charge in [0.1, 0.15) is 0 Å². The van der Waals surface area contributed by atoms with Gasteiger partial charge in [-0.2, -0.15) is 0 Å². The van der Waals surface area contributed by atoms with Crippen molar-refractivity contribution in [3.8, 4) is 0 Å². The molecule has 1 aromatic carbocycles. The van der Waals surface area contributed by atoms with Crippen LogP contribution in [0.25, 0.3) is 0 Å². The van der Waals surface area contributed by atoms with Gasteiger partial charge in [-0.3, -0.25) is 4.90 Å². The van der Waals surface area contributed by atoms with Crippen LogP contribution in [0.2, 0.25) is 0 Å². The van der Waals surface area contributed by atoms with Crippen LogP contribution in [0.3, 0.4) is 0 Å². The molecule has 1 aliphatic heterocycles. The Labute approximate surface area is 174 Å². The number of aliphatic imine (C=N–C) groups is 1. The Hall–Kier alpha value is -0.900. The highest BCUT2D eigenvalue weighted by atomic mass is 127. The minimum Gasteiger partial charge on any atom is -0.383 e. The van der Waals surface area contributed by atoms with Crippen molar-refractivity contribution in [2.75, 3.05) is 46.6 Å². The lowest BCUT2D eigenvalue weighted by Gasteiger charge is -2.26. The largest absolute Gasteiger partial charge is 0.383 e. The molecule has 0 spiro atoms. The molecule has 0 saturated carbocycles. The van der Waals surface area contributed by atoms with Crippen LogP contribution in [0.1, 0.15) is 25.0 Å². The van der Waals surface area contributed by atoms with Crippen LogP contribution in [0.4, 0.5) is 0 Å². The average Bonchev–Trinajstić information content (AvgIpc) is 2.62. The molecule has 148 valence electrons. The number of benzene rings is 1. The summed E-state index contributed by atoms with van der Waals surface area (Å²) in [5.74, 6) is 0.824. The number of morpholine rings is 1. The van der Waals surface area contributed by atoms with Gasteiger partial charge in [-0.15, -0.1) is 24.0 Å². The van der Waals surface area contributed by atoms with E-state index >= 15 is 0 Å². The molecule has 1 heterocycles. The van der Waals surface area contributed by atoms with Crippen LogP contribution in [-0.2, 0) is 22.6 Å². The van der Waals surface area contributed by atoms with E-state index in [2.05, 4.69) is 58.6 Å². The first-order valence-electron chi connectivity index (χ1n) is 9.13. The van der Waals surface area contributed by atoms with Crippen molar-refractivity contribution in [1.29, 1.82) is 0 Å². The fourth-order valence-corrected chi connectivity index (χ4v) is 2.78. The van der Waals surface area contributed by atoms with Crippen LogP contribution >= 0.6 is 24.0 Å². The SMILES string of the molecule is CCNC(=NCc1ccc(CN2CCOCC2)cc1)NC(C)COC.I. The lowest BCUT2D eigenvalue weighted by Crippen LogP contribution is -2.43. The molecule has 1 unspecified atom stereocenters. The van der Waals surface area contributed by atoms with Crippen molar-refractivity contribution >= 4 is 29.9 Å². The topological polar surface area (TPSA) is 58.1 Å². The fraction of sp³-hybridized carbons (Fsp3) is 0.632. The Kier molecular flexibility index (Phi) is 11.8. The monoisotopic (exact) mass is 476 g/mol. The average molecular weight is 476 g/mol. The summed E-state index contributed by atoms with van der Waals surface area (Å²) in [5.41, 5.74) is 2.55. The van der Waals surface area contributed by atoms with E-state index < -0.39 is 0 Å². The third kappa shape index (κ3) is 8.66. The quantitative estimate of drug-likeness (QED) is 0.343. The Bertz CT molecular complexity index is 519. The summed E-state index contributed by atoms with van der Waals surface area (Å²) < 4.78 is 10.6. The molecule has 0 bridgehead atoms. The first kappa shape index (κ1) is 23.1. The fourth-order valence-electron chi connectivity index (χ4n) is 2.78. The zero-order valence-electron chi connectivity index (χ0n) is 16.2. The van der Waals surface area contributed by atoms with Gasteiger partial charge < -0.3 is 20.1 Å². The molecule has 26 heavy (non-hydrogen) atoms. The first-order valence-corrected chi connectivity index (χ1v) is 9.13. The molecule has 1 atom stereocenters. The maximum absolute atomic E-state index is 5.40. The van der Waals surface area contributed by atoms with Crippen LogP contribution in [0.15, 0.2) is 29.3 Å². The summed E-state index contributed by atoms with van der Waals surface area (Å²) in [6.45, 7) is 11.0. The van der Waals surface area contributed by atoms with Gasteiger partial charge in [-0.25, -0.2) is 4.99 Å². The minimum absolute atomic E-state index is 0. The number of nitrogens with zero attached hydrogens (tertiary/aromatic N) is 2. The van der Waals surface area contributed by atoms with Crippen molar-refractivity contribution in [2.24, 2.45) is 4.99 Å². The summed E-state index contributed by atoms with van der Waals surface area (Å²) >= 11 is 0. The maximum atomic E-state index is 5.40. The van der Waals surface area contributed by atoms with E-state index in [-0.39, 0.29) is 30.0 Å². The Balaban J connectivity index is 0.00000338. The van der Waals surface area contributed by atoms with Gasteiger partial charge in [0.25, 0.3) is 0 Å². The molecular formula is C19H33IN4O2. The summed E-state index contributed by atoms with van der Waals surface area (Å²) in [6, 6.07) is 8.96. The van der Waals surface area contributed by atoms with Crippen molar-refractivity contribution in [1.82, 2.24) is 15.5 Å². The van der Waals surface area contributed by atoms with E-state index in [9.17, 15) is 0 Å². The second-order valence-corrected chi connectivity index (χ2v) is 6.40. The highest BCUT2D eigenvalue weighted by Gasteiger charge is 2.10. The van der Waals surface area contributed by atoms with Crippen LogP contribution < -0.4 is 10.6 Å². The van der Waals surface area contributed by atoms with Gasteiger partial charge in [0, 0.05) is 39.3 Å². The summed E-state index contributed by atoms with van der Waals surface area (Å²) in [6.07, 6.45) is 0. The normalized spacial score (nSPS) is 16.7. The molecule has 0 radical (unpaired) electrons. The molecule has 2 rings (SSSR count). The lowest BCUT2D eigenvalue weighted by atomic mass is 10.1. The summed E-state index contributed by atoms with van der Waals surface area (Å²) in [5, 5.41) is 6.62. The molecule has 6 nitrogen and oxygen atoms in total. The number of hydrogen-bond acceptors (Lipinski definition) is 4. The Morgan fingerprint density at radius 2 is 1.88 bits per heavy atom. The van der Waals surface area contributed by atoms with Gasteiger partial charge in [-0.05, 0) is 25.0 Å². The van der Waals surface area contributed by atoms with Gasteiger partial charge in [0.05, 0.1) is 26.4 Å². The van der Waals surface area contributed by atoms with E-state index in [0.29, 0.717) is 13.2 Å². The third-order valence-corrected chi connectivity index (χ3v) is 4.10. The van der Waals surface area contributed by atoms with Crippen molar-refractivity contribution < 1.29 is 9.47 Å². The molecule has 0 aromatic heterocycles. The molecule has 0 amide bonds. The molecule has 7 heteroatoms. The van der Waals surface area contributed by atoms with Gasteiger partial charge in [0.2, 0.25) is 0 Å². The smallest absolute Gasteiger partial charge is 0.191 e. The predicted octanol–water partition coefficient (Wildman–Crippen LogP) is 2.23. The number of hydrogen-bond donors (Lipinski definition) is 2.